The Bertz CT molecular complexity index is 1090. The van der Waals surface area contributed by atoms with Gasteiger partial charge < -0.3 is 15.4 Å². The lowest BCUT2D eigenvalue weighted by atomic mass is 9.84. The highest BCUT2D eigenvalue weighted by molar-refractivity contribution is 6.31. The quantitative estimate of drug-likeness (QED) is 0.696. The summed E-state index contributed by atoms with van der Waals surface area (Å²) in [6, 6.07) is 8.85. The molecule has 0 bridgehead atoms. The number of imide groups is 1. The van der Waals surface area contributed by atoms with Crippen molar-refractivity contribution in [2.75, 3.05) is 18.5 Å². The monoisotopic (exact) mass is 453 g/mol. The van der Waals surface area contributed by atoms with E-state index in [4.69, 9.17) is 16.3 Å². The van der Waals surface area contributed by atoms with Gasteiger partial charge in [-0.3, -0.25) is 14.5 Å². The third-order valence-corrected chi connectivity index (χ3v) is 5.44. The number of anilines is 1. The Hall–Kier alpha value is -3.27. The van der Waals surface area contributed by atoms with Crippen LogP contribution in [-0.2, 0) is 21.3 Å². The summed E-state index contributed by atoms with van der Waals surface area (Å²) in [5, 5.41) is 4.39. The summed E-state index contributed by atoms with van der Waals surface area (Å²) in [6.45, 7) is -0.479. The molecule has 4 rings (SSSR count). The molecule has 31 heavy (non-hydrogen) atoms. The summed E-state index contributed by atoms with van der Waals surface area (Å²) in [4.78, 5) is 38.7. The number of carbonyl (C=O) groups excluding carboxylic acids is 3. The number of halogens is 4. The molecule has 1 atom stereocenters. The molecule has 2 aromatic rings. The lowest BCUT2D eigenvalue weighted by Crippen LogP contribution is -2.48. The van der Waals surface area contributed by atoms with E-state index in [2.05, 4.69) is 10.6 Å². The number of nitrogens with zero attached hydrogens (tertiary/aromatic N) is 1. The number of carbonyl (C=O) groups is 3. The molecule has 0 saturated carbocycles. The molecule has 11 heteroatoms. The minimum Gasteiger partial charge on any atom is -0.493 e. The predicted molar refractivity (Wildman–Crippen MR) is 104 cm³/mol. The van der Waals surface area contributed by atoms with Gasteiger partial charge in [0.1, 0.15) is 12.3 Å². The number of rotatable bonds is 3. The Labute approximate surface area is 179 Å². The normalized spacial score (nSPS) is 20.3. The molecule has 4 amide bonds. The summed E-state index contributed by atoms with van der Waals surface area (Å²) in [5.74, 6) is -1.01. The molecule has 2 aliphatic heterocycles. The molecule has 2 aromatic carbocycles. The number of para-hydroxylation sites is 1. The Morgan fingerprint density at radius 1 is 1.23 bits per heavy atom. The number of hydrogen-bond donors (Lipinski definition) is 2. The summed E-state index contributed by atoms with van der Waals surface area (Å²) in [5.41, 5.74) is -2.15. The van der Waals surface area contributed by atoms with Crippen LogP contribution >= 0.6 is 11.6 Å². The minimum atomic E-state index is -4.70. The largest absolute Gasteiger partial charge is 0.493 e. The Morgan fingerprint density at radius 2 is 1.97 bits per heavy atom. The van der Waals surface area contributed by atoms with Crippen LogP contribution in [0.25, 0.3) is 0 Å². The molecule has 0 aromatic heterocycles. The van der Waals surface area contributed by atoms with Crippen molar-refractivity contribution in [2.45, 2.75) is 18.1 Å². The third kappa shape index (κ3) is 3.67. The fourth-order valence-electron chi connectivity index (χ4n) is 3.68. The van der Waals surface area contributed by atoms with E-state index in [9.17, 15) is 27.6 Å². The second-order valence-electron chi connectivity index (χ2n) is 7.06. The number of fused-ring (bicyclic) bond motifs is 2. The number of urea groups is 1. The van der Waals surface area contributed by atoms with Crippen molar-refractivity contribution in [1.82, 2.24) is 10.2 Å². The van der Waals surface area contributed by atoms with Crippen LogP contribution in [0.3, 0.4) is 0 Å². The van der Waals surface area contributed by atoms with Gasteiger partial charge in [0.2, 0.25) is 5.91 Å². The average molecular weight is 454 g/mol. The van der Waals surface area contributed by atoms with Crippen LogP contribution in [-0.4, -0.2) is 35.9 Å². The van der Waals surface area contributed by atoms with Gasteiger partial charge in [-0.05, 0) is 24.3 Å². The number of benzene rings is 2. The Morgan fingerprint density at radius 3 is 2.71 bits per heavy atom. The van der Waals surface area contributed by atoms with Crippen LogP contribution in [0.1, 0.15) is 17.5 Å². The maximum atomic E-state index is 13.1. The van der Waals surface area contributed by atoms with Crippen molar-refractivity contribution in [2.24, 2.45) is 0 Å². The van der Waals surface area contributed by atoms with Crippen LogP contribution in [0, 0.1) is 0 Å². The van der Waals surface area contributed by atoms with E-state index in [0.29, 0.717) is 17.4 Å². The molecular formula is C20H15ClF3N3O4. The first-order valence-corrected chi connectivity index (χ1v) is 9.52. The summed E-state index contributed by atoms with van der Waals surface area (Å²) in [6.07, 6.45) is -4.52. The van der Waals surface area contributed by atoms with Crippen LogP contribution in [0.15, 0.2) is 42.5 Å². The van der Waals surface area contributed by atoms with Crippen molar-refractivity contribution in [3.05, 3.63) is 58.6 Å². The molecule has 2 N–H and O–H groups in total. The first-order chi connectivity index (χ1) is 14.6. The predicted octanol–water partition coefficient (Wildman–Crippen LogP) is 3.53. The van der Waals surface area contributed by atoms with Gasteiger partial charge in [-0.2, -0.15) is 13.2 Å². The van der Waals surface area contributed by atoms with Gasteiger partial charge in [-0.1, -0.05) is 29.8 Å². The van der Waals surface area contributed by atoms with E-state index >= 15 is 0 Å². The van der Waals surface area contributed by atoms with Crippen molar-refractivity contribution in [3.63, 3.8) is 0 Å². The molecule has 2 heterocycles. The van der Waals surface area contributed by atoms with E-state index in [1.165, 1.54) is 6.07 Å². The molecule has 1 fully saturated rings. The first kappa shape index (κ1) is 21.0. The molecule has 7 nitrogen and oxygen atoms in total. The zero-order valence-corrected chi connectivity index (χ0v) is 16.5. The highest BCUT2D eigenvalue weighted by Gasteiger charge is 2.55. The number of amides is 4. The van der Waals surface area contributed by atoms with E-state index in [1.807, 2.05) is 0 Å². The van der Waals surface area contributed by atoms with Gasteiger partial charge in [-0.25, -0.2) is 4.79 Å². The second-order valence-corrected chi connectivity index (χ2v) is 7.47. The molecule has 0 aliphatic carbocycles. The average Bonchev–Trinajstić information content (AvgIpc) is 2.94. The zero-order chi connectivity index (χ0) is 22.4. The van der Waals surface area contributed by atoms with E-state index in [1.54, 1.807) is 24.3 Å². The van der Waals surface area contributed by atoms with E-state index < -0.39 is 46.7 Å². The SMILES string of the molecule is O=C(CN1C(=O)NC2(CCOc3ccccc32)C1=O)Nc1ccc(Cl)c(C(F)(F)F)c1. The van der Waals surface area contributed by atoms with Gasteiger partial charge in [0, 0.05) is 17.7 Å². The van der Waals surface area contributed by atoms with Crippen LogP contribution in [0.5, 0.6) is 5.75 Å². The van der Waals surface area contributed by atoms with Crippen molar-refractivity contribution in [1.29, 1.82) is 0 Å². The fourth-order valence-corrected chi connectivity index (χ4v) is 3.90. The molecule has 2 aliphatic rings. The fraction of sp³-hybridized carbons (Fsp3) is 0.250. The van der Waals surface area contributed by atoms with E-state index in [0.717, 1.165) is 11.0 Å². The highest BCUT2D eigenvalue weighted by atomic mass is 35.5. The topological polar surface area (TPSA) is 87.7 Å². The van der Waals surface area contributed by atoms with Crippen molar-refractivity contribution in [3.8, 4) is 5.75 Å². The number of nitrogens with one attached hydrogen (secondary N) is 2. The van der Waals surface area contributed by atoms with Crippen LogP contribution in [0.4, 0.5) is 23.7 Å². The van der Waals surface area contributed by atoms with Gasteiger partial charge in [0.25, 0.3) is 5.91 Å². The molecule has 1 saturated heterocycles. The smallest absolute Gasteiger partial charge is 0.417 e. The molecule has 1 spiro atoms. The second kappa shape index (κ2) is 7.45. The molecule has 0 radical (unpaired) electrons. The number of alkyl halides is 3. The first-order valence-electron chi connectivity index (χ1n) is 9.15. The summed E-state index contributed by atoms with van der Waals surface area (Å²) in [7, 11) is 0. The minimum absolute atomic E-state index is 0.167. The summed E-state index contributed by atoms with van der Waals surface area (Å²) < 4.78 is 44.6. The Balaban J connectivity index is 1.53. The maximum absolute atomic E-state index is 13.1. The molecular weight excluding hydrogens is 439 g/mol. The standard InChI is InChI=1S/C20H15ClF3N3O4/c21-14-6-5-11(9-13(14)20(22,23)24)25-16(28)10-27-17(29)19(26-18(27)30)7-8-31-15-4-2-1-3-12(15)19/h1-6,9H,7-8,10H2,(H,25,28)(H,26,30). The molecule has 1 unspecified atom stereocenters. The van der Waals surface area contributed by atoms with Crippen molar-refractivity contribution < 1.29 is 32.3 Å². The van der Waals surface area contributed by atoms with Gasteiger partial charge >= 0.3 is 12.2 Å². The third-order valence-electron chi connectivity index (χ3n) is 5.11. The number of hydrogen-bond acceptors (Lipinski definition) is 4. The maximum Gasteiger partial charge on any atom is 0.417 e. The Kier molecular flexibility index (Phi) is 5.04. The highest BCUT2D eigenvalue weighted by Crippen LogP contribution is 2.41. The van der Waals surface area contributed by atoms with Crippen molar-refractivity contribution >= 4 is 35.1 Å². The van der Waals surface area contributed by atoms with Crippen LogP contribution in [0.2, 0.25) is 5.02 Å². The molecule has 162 valence electrons. The zero-order valence-electron chi connectivity index (χ0n) is 15.8. The van der Waals surface area contributed by atoms with Crippen LogP contribution < -0.4 is 15.4 Å². The van der Waals surface area contributed by atoms with E-state index in [-0.39, 0.29) is 18.7 Å². The van der Waals surface area contributed by atoms with Gasteiger partial charge in [0.15, 0.2) is 5.54 Å². The van der Waals surface area contributed by atoms with Gasteiger partial charge in [0.05, 0.1) is 17.2 Å². The lowest BCUT2D eigenvalue weighted by molar-refractivity contribution is -0.137. The lowest BCUT2D eigenvalue weighted by Gasteiger charge is -2.33. The summed E-state index contributed by atoms with van der Waals surface area (Å²) >= 11 is 5.57. The number of ether oxygens (including phenoxy) is 1. The van der Waals surface area contributed by atoms with Gasteiger partial charge in [-0.15, -0.1) is 0 Å².